The number of halogens is 2. The molecule has 0 spiro atoms. The maximum atomic E-state index is 13.4. The van der Waals surface area contributed by atoms with Gasteiger partial charge in [0.05, 0.1) is 19.3 Å². The summed E-state index contributed by atoms with van der Waals surface area (Å²) >= 11 is 0. The molecule has 0 saturated carbocycles. The van der Waals surface area contributed by atoms with Crippen LogP contribution in [0.3, 0.4) is 0 Å². The third-order valence-electron chi connectivity index (χ3n) is 1.54. The molecule has 0 saturated heterocycles. The third-order valence-corrected chi connectivity index (χ3v) is 3.76. The van der Waals surface area contributed by atoms with Crippen LogP contribution in [0.15, 0.2) is 0 Å². The monoisotopic (exact) mass is 241 g/mol. The summed E-state index contributed by atoms with van der Waals surface area (Å²) in [6.07, 6.45) is -1.21. The molecule has 0 amide bonds. The SMILES string of the molecule is CCOP(=O)(OCC)C(F)(F)CCC#N. The molecule has 0 N–H and O–H groups in total. The molecule has 0 aliphatic rings. The summed E-state index contributed by atoms with van der Waals surface area (Å²) in [4.78, 5) is 0. The molecule has 4 nitrogen and oxygen atoms in total. The fourth-order valence-corrected chi connectivity index (χ4v) is 2.43. The van der Waals surface area contributed by atoms with Crippen LogP contribution in [-0.4, -0.2) is 18.9 Å². The summed E-state index contributed by atoms with van der Waals surface area (Å²) in [6.45, 7) is 2.65. The lowest BCUT2D eigenvalue weighted by molar-refractivity contribution is 0.0328. The number of hydrogen-bond donors (Lipinski definition) is 0. The Balaban J connectivity index is 4.73. The standard InChI is InChI=1S/C8H14F2NO3P/c1-3-13-15(12,14-4-2)8(9,10)6-5-7-11/h3-6H2,1-2H3. The highest BCUT2D eigenvalue weighted by Gasteiger charge is 2.52. The van der Waals surface area contributed by atoms with Crippen molar-refractivity contribution in [1.82, 2.24) is 0 Å². The van der Waals surface area contributed by atoms with Gasteiger partial charge < -0.3 is 9.05 Å². The first-order chi connectivity index (χ1) is 6.93. The molecular weight excluding hydrogens is 227 g/mol. The number of nitrogens with zero attached hydrogens (tertiary/aromatic N) is 1. The van der Waals surface area contributed by atoms with E-state index in [9.17, 15) is 13.3 Å². The lowest BCUT2D eigenvalue weighted by Crippen LogP contribution is -2.20. The van der Waals surface area contributed by atoms with E-state index in [0.29, 0.717) is 0 Å². The van der Waals surface area contributed by atoms with Gasteiger partial charge in [-0.05, 0) is 13.8 Å². The second kappa shape index (κ2) is 6.16. The Morgan fingerprint density at radius 2 is 1.80 bits per heavy atom. The first-order valence-corrected chi connectivity index (χ1v) is 6.11. The molecule has 0 aliphatic carbocycles. The maximum Gasteiger partial charge on any atom is 0.399 e. The summed E-state index contributed by atoms with van der Waals surface area (Å²) in [7, 11) is -4.44. The van der Waals surface area contributed by atoms with Gasteiger partial charge >= 0.3 is 13.3 Å². The largest absolute Gasteiger partial charge is 0.399 e. The normalized spacial score (nSPS) is 12.5. The predicted molar refractivity (Wildman–Crippen MR) is 50.7 cm³/mol. The molecule has 0 rings (SSSR count). The Morgan fingerprint density at radius 3 is 2.13 bits per heavy atom. The Morgan fingerprint density at radius 1 is 1.33 bits per heavy atom. The molecule has 0 unspecified atom stereocenters. The zero-order valence-electron chi connectivity index (χ0n) is 8.70. The van der Waals surface area contributed by atoms with E-state index >= 15 is 0 Å². The van der Waals surface area contributed by atoms with E-state index in [1.165, 1.54) is 13.8 Å². The van der Waals surface area contributed by atoms with Crippen molar-refractivity contribution in [3.05, 3.63) is 0 Å². The highest BCUT2D eigenvalue weighted by Crippen LogP contribution is 2.63. The molecule has 0 aliphatic heterocycles. The second-order valence-corrected chi connectivity index (χ2v) is 4.82. The van der Waals surface area contributed by atoms with Gasteiger partial charge in [-0.2, -0.15) is 14.0 Å². The average molecular weight is 241 g/mol. The van der Waals surface area contributed by atoms with Crippen molar-refractivity contribution in [3.8, 4) is 6.07 Å². The van der Waals surface area contributed by atoms with Crippen molar-refractivity contribution in [2.45, 2.75) is 32.4 Å². The zero-order chi connectivity index (χ0) is 11.9. The van der Waals surface area contributed by atoms with Crippen molar-refractivity contribution >= 4 is 7.60 Å². The molecule has 7 heteroatoms. The van der Waals surface area contributed by atoms with Gasteiger partial charge in [-0.3, -0.25) is 4.57 Å². The first-order valence-electron chi connectivity index (χ1n) is 4.57. The van der Waals surface area contributed by atoms with Crippen molar-refractivity contribution in [1.29, 1.82) is 5.26 Å². The molecule has 0 radical (unpaired) electrons. The van der Waals surface area contributed by atoms with Gasteiger partial charge in [0, 0.05) is 12.8 Å². The van der Waals surface area contributed by atoms with Crippen LogP contribution in [-0.2, 0) is 13.6 Å². The van der Waals surface area contributed by atoms with Gasteiger partial charge in [-0.1, -0.05) is 0 Å². The fraction of sp³-hybridized carbons (Fsp3) is 0.875. The quantitative estimate of drug-likeness (QED) is 0.642. The number of alkyl halides is 2. The van der Waals surface area contributed by atoms with Crippen LogP contribution in [0.4, 0.5) is 8.78 Å². The fourth-order valence-electron chi connectivity index (χ4n) is 0.909. The summed E-state index contributed by atoms with van der Waals surface area (Å²) in [5, 5.41) is 8.20. The topological polar surface area (TPSA) is 59.3 Å². The van der Waals surface area contributed by atoms with E-state index in [0.717, 1.165) is 0 Å². The van der Waals surface area contributed by atoms with Gasteiger partial charge in [0.1, 0.15) is 0 Å². The van der Waals surface area contributed by atoms with Crippen molar-refractivity contribution in [2.24, 2.45) is 0 Å². The summed E-state index contributed by atoms with van der Waals surface area (Å²) < 4.78 is 47.4. The van der Waals surface area contributed by atoms with Crippen LogP contribution >= 0.6 is 7.60 Å². The Labute approximate surface area is 87.7 Å². The summed E-state index contributed by atoms with van der Waals surface area (Å²) in [6, 6.07) is 1.57. The molecule has 0 bridgehead atoms. The van der Waals surface area contributed by atoms with Crippen LogP contribution in [0.25, 0.3) is 0 Å². The van der Waals surface area contributed by atoms with Gasteiger partial charge in [0.15, 0.2) is 0 Å². The minimum atomic E-state index is -4.44. The molecule has 0 fully saturated rings. The molecule has 15 heavy (non-hydrogen) atoms. The molecule has 0 aromatic carbocycles. The van der Waals surface area contributed by atoms with E-state index in [2.05, 4.69) is 9.05 Å². The maximum absolute atomic E-state index is 13.4. The highest BCUT2D eigenvalue weighted by molar-refractivity contribution is 7.55. The van der Waals surface area contributed by atoms with Crippen LogP contribution in [0.2, 0.25) is 0 Å². The van der Waals surface area contributed by atoms with Gasteiger partial charge in [-0.25, -0.2) is 0 Å². The molecular formula is C8H14F2NO3P. The second-order valence-electron chi connectivity index (χ2n) is 2.66. The average Bonchev–Trinajstić information content (AvgIpc) is 2.15. The Bertz CT molecular complexity index is 268. The first kappa shape index (κ1) is 14.5. The van der Waals surface area contributed by atoms with Crippen LogP contribution in [0.5, 0.6) is 0 Å². The predicted octanol–water partition coefficient (Wildman–Crippen LogP) is 3.15. The minimum Gasteiger partial charge on any atom is -0.305 e. The highest BCUT2D eigenvalue weighted by atomic mass is 31.2. The lowest BCUT2D eigenvalue weighted by Gasteiger charge is -2.24. The van der Waals surface area contributed by atoms with Gasteiger partial charge in [0.25, 0.3) is 0 Å². The van der Waals surface area contributed by atoms with E-state index in [-0.39, 0.29) is 13.2 Å². The van der Waals surface area contributed by atoms with E-state index < -0.39 is 26.1 Å². The molecule has 0 aromatic heterocycles. The summed E-state index contributed by atoms with van der Waals surface area (Å²) in [5.74, 6) is 0. The van der Waals surface area contributed by atoms with E-state index in [1.807, 2.05) is 0 Å². The lowest BCUT2D eigenvalue weighted by atomic mass is 10.3. The van der Waals surface area contributed by atoms with Gasteiger partial charge in [-0.15, -0.1) is 0 Å². The van der Waals surface area contributed by atoms with Crippen LogP contribution in [0.1, 0.15) is 26.7 Å². The van der Waals surface area contributed by atoms with E-state index in [4.69, 9.17) is 5.26 Å². The van der Waals surface area contributed by atoms with E-state index in [1.54, 1.807) is 6.07 Å². The molecule has 0 heterocycles. The molecule has 0 atom stereocenters. The number of nitriles is 1. The van der Waals surface area contributed by atoms with Crippen LogP contribution in [0, 0.1) is 11.3 Å². The summed E-state index contributed by atoms with van der Waals surface area (Å²) in [5.41, 5.74) is -3.60. The third kappa shape index (κ3) is 3.86. The molecule has 88 valence electrons. The molecule has 0 aromatic rings. The Kier molecular flexibility index (Phi) is 5.96. The minimum absolute atomic E-state index is 0.126. The van der Waals surface area contributed by atoms with Crippen LogP contribution < -0.4 is 0 Å². The number of rotatable bonds is 7. The zero-order valence-corrected chi connectivity index (χ0v) is 9.60. The van der Waals surface area contributed by atoms with Crippen molar-refractivity contribution < 1.29 is 22.4 Å². The smallest absolute Gasteiger partial charge is 0.305 e. The Hall–Kier alpha value is -0.500. The van der Waals surface area contributed by atoms with Crippen molar-refractivity contribution in [2.75, 3.05) is 13.2 Å². The number of hydrogen-bond acceptors (Lipinski definition) is 4. The van der Waals surface area contributed by atoms with Crippen molar-refractivity contribution in [3.63, 3.8) is 0 Å². The van der Waals surface area contributed by atoms with Gasteiger partial charge in [0.2, 0.25) is 0 Å².